The van der Waals surface area contributed by atoms with Gasteiger partial charge in [0.15, 0.2) is 12.3 Å². The topological polar surface area (TPSA) is 232 Å². The van der Waals surface area contributed by atoms with Crippen molar-refractivity contribution in [2.45, 2.75) is 96.7 Å². The first-order valence-electron chi connectivity index (χ1n) is 20.1. The Bertz CT molecular complexity index is 1760. The van der Waals surface area contributed by atoms with E-state index in [2.05, 4.69) is 22.1 Å². The van der Waals surface area contributed by atoms with Crippen LogP contribution in [0.25, 0.3) is 22.4 Å². The van der Waals surface area contributed by atoms with Gasteiger partial charge in [0.1, 0.15) is 12.3 Å². The fourth-order valence-electron chi connectivity index (χ4n) is 6.42. The van der Waals surface area contributed by atoms with Crippen LogP contribution < -0.4 is 20.8 Å². The van der Waals surface area contributed by atoms with Gasteiger partial charge in [0.05, 0.1) is 36.5 Å². The van der Waals surface area contributed by atoms with Crippen LogP contribution in [0.4, 0.5) is 0 Å². The summed E-state index contributed by atoms with van der Waals surface area (Å²) in [4.78, 5) is 61.0. The SMILES string of the molecule is CC(C)(CCCCOc1cc(-c2ccccc2)cc(-c2ccccc2)n1)CNC(=O)C(CNC(=O)CCN(C=O)NC1OC(O)C(O)C(O)C1CO)N(C=O)OC(C)(C)C. The lowest BCUT2D eigenvalue weighted by atomic mass is 9.87. The maximum atomic E-state index is 13.6. The lowest BCUT2D eigenvalue weighted by Crippen LogP contribution is -2.62. The zero-order valence-electron chi connectivity index (χ0n) is 34.9. The van der Waals surface area contributed by atoms with Gasteiger partial charge in [-0.2, -0.15) is 0 Å². The number of ether oxygens (including phenoxy) is 2. The Labute approximate surface area is 351 Å². The number of carbonyl (C=O) groups is 4. The molecule has 60 heavy (non-hydrogen) atoms. The highest BCUT2D eigenvalue weighted by Gasteiger charge is 2.44. The van der Waals surface area contributed by atoms with Gasteiger partial charge in [0.2, 0.25) is 30.5 Å². The summed E-state index contributed by atoms with van der Waals surface area (Å²) in [6.07, 6.45) is -3.57. The average Bonchev–Trinajstić information content (AvgIpc) is 3.23. The number of hydrazine groups is 1. The maximum absolute atomic E-state index is 13.6. The van der Waals surface area contributed by atoms with Gasteiger partial charge in [-0.15, -0.1) is 0 Å². The number of amides is 4. The molecule has 1 aliphatic heterocycles. The Morgan fingerprint density at radius 1 is 0.883 bits per heavy atom. The number of nitrogens with one attached hydrogen (secondary N) is 3. The number of unbranched alkanes of at least 4 members (excludes halogenated alkanes) is 1. The van der Waals surface area contributed by atoms with Crippen LogP contribution in [-0.4, -0.2) is 129 Å². The number of aliphatic hydroxyl groups is 4. The lowest BCUT2D eigenvalue weighted by molar-refractivity contribution is -0.286. The van der Waals surface area contributed by atoms with E-state index in [9.17, 15) is 39.6 Å². The van der Waals surface area contributed by atoms with Crippen molar-refractivity contribution in [3.8, 4) is 28.3 Å². The quantitative estimate of drug-likeness (QED) is 0.0413. The summed E-state index contributed by atoms with van der Waals surface area (Å²) < 4.78 is 11.4. The van der Waals surface area contributed by atoms with E-state index in [4.69, 9.17) is 19.3 Å². The molecule has 0 bridgehead atoms. The molecule has 328 valence electrons. The van der Waals surface area contributed by atoms with Crippen molar-refractivity contribution in [2.75, 3.05) is 32.8 Å². The highest BCUT2D eigenvalue weighted by atomic mass is 16.7. The molecule has 17 heteroatoms. The molecule has 0 spiro atoms. The van der Waals surface area contributed by atoms with Crippen LogP contribution in [-0.2, 0) is 28.8 Å². The average molecular weight is 837 g/mol. The van der Waals surface area contributed by atoms with Crippen molar-refractivity contribution in [3.63, 3.8) is 0 Å². The van der Waals surface area contributed by atoms with Crippen LogP contribution in [0.3, 0.4) is 0 Å². The molecule has 17 nitrogen and oxygen atoms in total. The molecule has 3 aromatic rings. The first kappa shape index (κ1) is 47.7. The van der Waals surface area contributed by atoms with E-state index in [0.717, 1.165) is 51.7 Å². The number of benzene rings is 2. The summed E-state index contributed by atoms with van der Waals surface area (Å²) in [6.45, 7) is 8.68. The summed E-state index contributed by atoms with van der Waals surface area (Å²) >= 11 is 0. The number of nitrogens with zero attached hydrogens (tertiary/aromatic N) is 3. The van der Waals surface area contributed by atoms with Crippen LogP contribution in [0.15, 0.2) is 72.8 Å². The summed E-state index contributed by atoms with van der Waals surface area (Å²) in [7, 11) is 0. The van der Waals surface area contributed by atoms with Gasteiger partial charge in [0, 0.05) is 37.7 Å². The molecule has 1 aromatic heterocycles. The Balaban J connectivity index is 1.29. The molecule has 2 aromatic carbocycles. The summed E-state index contributed by atoms with van der Waals surface area (Å²) in [5, 5.41) is 46.9. The van der Waals surface area contributed by atoms with Crippen molar-refractivity contribution < 1.29 is 53.9 Å². The standard InChI is InChI=1S/C43H60N6O11/c1-42(2,3)60-49(28-52)34(24-44-35(53)18-20-48(27-51)47-40-32(25-50)37(54)38(55)41(57)59-40)39(56)45-26-43(4,5)19-12-13-21-58-36-23-31(29-14-8-6-9-15-29)22-33(46-36)30-16-10-7-11-17-30/h6-11,14-17,22-23,27-28,32,34,37-38,40-41,47,50,54-55,57H,12-13,18-21,24-26H2,1-5H3,(H,44,53)(H,45,56). The van der Waals surface area contributed by atoms with Crippen LogP contribution in [0.2, 0.25) is 0 Å². The normalized spacial score (nSPS) is 19.8. The van der Waals surface area contributed by atoms with Gasteiger partial charge in [0.25, 0.3) is 0 Å². The van der Waals surface area contributed by atoms with E-state index in [0.29, 0.717) is 25.3 Å². The fraction of sp³-hybridized carbons (Fsp3) is 0.512. The minimum atomic E-state index is -1.79. The second-order valence-corrected chi connectivity index (χ2v) is 16.4. The molecular formula is C43H60N6O11. The molecule has 1 fully saturated rings. The molecule has 0 saturated carbocycles. The molecular weight excluding hydrogens is 777 g/mol. The second kappa shape index (κ2) is 22.6. The van der Waals surface area contributed by atoms with E-state index in [1.165, 1.54) is 0 Å². The molecule has 4 rings (SSSR count). The summed E-state index contributed by atoms with van der Waals surface area (Å²) in [5.74, 6) is -1.71. The second-order valence-electron chi connectivity index (χ2n) is 16.4. The first-order chi connectivity index (χ1) is 28.5. The summed E-state index contributed by atoms with van der Waals surface area (Å²) in [5.41, 5.74) is 5.24. The molecule has 7 N–H and O–H groups in total. The minimum absolute atomic E-state index is 0.223. The predicted octanol–water partition coefficient (Wildman–Crippen LogP) is 2.14. The third kappa shape index (κ3) is 14.6. The van der Waals surface area contributed by atoms with Crippen molar-refractivity contribution in [2.24, 2.45) is 11.3 Å². The third-order valence-electron chi connectivity index (χ3n) is 9.77. The number of aromatic nitrogens is 1. The van der Waals surface area contributed by atoms with E-state index in [1.54, 1.807) is 20.8 Å². The number of aliphatic hydroxyl groups excluding tert-OH is 4. The van der Waals surface area contributed by atoms with E-state index < -0.39 is 60.7 Å². The van der Waals surface area contributed by atoms with Crippen molar-refractivity contribution in [1.82, 2.24) is 31.1 Å². The number of pyridine rings is 1. The number of carbonyl (C=O) groups excluding carboxylic acids is 4. The van der Waals surface area contributed by atoms with Crippen molar-refractivity contribution in [1.29, 1.82) is 0 Å². The number of hydrogen-bond donors (Lipinski definition) is 7. The van der Waals surface area contributed by atoms with Crippen LogP contribution in [0.5, 0.6) is 5.88 Å². The molecule has 6 atom stereocenters. The minimum Gasteiger partial charge on any atom is -0.478 e. The van der Waals surface area contributed by atoms with Gasteiger partial charge in [-0.1, -0.05) is 74.5 Å². The smallest absolute Gasteiger partial charge is 0.247 e. The highest BCUT2D eigenvalue weighted by Crippen LogP contribution is 2.29. The zero-order valence-corrected chi connectivity index (χ0v) is 34.9. The highest BCUT2D eigenvalue weighted by molar-refractivity contribution is 5.85. The third-order valence-corrected chi connectivity index (χ3v) is 9.77. The maximum Gasteiger partial charge on any atom is 0.247 e. The zero-order chi connectivity index (χ0) is 43.9. The van der Waals surface area contributed by atoms with E-state index in [-0.39, 0.29) is 31.5 Å². The molecule has 6 unspecified atom stereocenters. The number of hydrogen-bond acceptors (Lipinski definition) is 13. The van der Waals surface area contributed by atoms with Crippen molar-refractivity contribution in [3.05, 3.63) is 72.8 Å². The monoisotopic (exact) mass is 836 g/mol. The Kier molecular flexibility index (Phi) is 17.9. The molecule has 0 radical (unpaired) electrons. The fourth-order valence-corrected chi connectivity index (χ4v) is 6.42. The van der Waals surface area contributed by atoms with Gasteiger partial charge < -0.3 is 40.5 Å². The number of hydroxylamine groups is 2. The van der Waals surface area contributed by atoms with Gasteiger partial charge in [-0.3, -0.25) is 29.0 Å². The Morgan fingerprint density at radius 2 is 1.55 bits per heavy atom. The Morgan fingerprint density at radius 3 is 2.17 bits per heavy atom. The summed E-state index contributed by atoms with van der Waals surface area (Å²) in [6, 6.07) is 22.7. The van der Waals surface area contributed by atoms with Crippen LogP contribution in [0.1, 0.15) is 60.3 Å². The van der Waals surface area contributed by atoms with Crippen LogP contribution in [0, 0.1) is 11.3 Å². The lowest BCUT2D eigenvalue weighted by Gasteiger charge is -2.41. The van der Waals surface area contributed by atoms with Gasteiger partial charge in [-0.05, 0) is 62.6 Å². The molecule has 2 heterocycles. The predicted molar refractivity (Wildman–Crippen MR) is 221 cm³/mol. The largest absolute Gasteiger partial charge is 0.478 e. The van der Waals surface area contributed by atoms with E-state index >= 15 is 0 Å². The molecule has 1 aliphatic rings. The molecule has 1 saturated heterocycles. The van der Waals surface area contributed by atoms with Crippen LogP contribution >= 0.6 is 0 Å². The van der Waals surface area contributed by atoms with Crippen molar-refractivity contribution >= 4 is 24.6 Å². The van der Waals surface area contributed by atoms with Gasteiger partial charge in [-0.25, -0.2) is 15.5 Å². The molecule has 4 amide bonds. The van der Waals surface area contributed by atoms with E-state index in [1.807, 2.05) is 80.6 Å². The first-order valence-corrected chi connectivity index (χ1v) is 20.1. The molecule has 0 aliphatic carbocycles. The van der Waals surface area contributed by atoms with Gasteiger partial charge >= 0.3 is 0 Å². The Hall–Kier alpha value is -5.01. The number of rotatable bonds is 23.